The Morgan fingerprint density at radius 1 is 0.875 bits per heavy atom. The van der Waals surface area contributed by atoms with Crippen LogP contribution in [-0.2, 0) is 19.3 Å². The summed E-state index contributed by atoms with van der Waals surface area (Å²) in [6, 6.07) is 16.1. The molecule has 0 amide bonds. The van der Waals surface area contributed by atoms with Gasteiger partial charge in [0, 0.05) is 0 Å². The van der Waals surface area contributed by atoms with Crippen LogP contribution >= 0.6 is 0 Å². The molecule has 0 spiro atoms. The van der Waals surface area contributed by atoms with E-state index < -0.39 is 0 Å². The van der Waals surface area contributed by atoms with E-state index in [9.17, 15) is 0 Å². The maximum absolute atomic E-state index is 3.85. The first-order valence-corrected chi connectivity index (χ1v) is 9.23. The van der Waals surface area contributed by atoms with Crippen LogP contribution in [0.25, 0.3) is 11.1 Å². The van der Waals surface area contributed by atoms with Crippen molar-refractivity contribution in [3.05, 3.63) is 84.5 Å². The summed E-state index contributed by atoms with van der Waals surface area (Å²) in [6.45, 7) is 7.65. The van der Waals surface area contributed by atoms with Crippen LogP contribution in [0.2, 0.25) is 0 Å². The maximum Gasteiger partial charge on any atom is -0.0181 e. The summed E-state index contributed by atoms with van der Waals surface area (Å²) in [4.78, 5) is 0. The highest BCUT2D eigenvalue weighted by Gasteiger charge is 2.18. The third-order valence-corrected chi connectivity index (χ3v) is 5.24. The minimum atomic E-state index is 0.838. The molecule has 1 unspecified atom stereocenters. The van der Waals surface area contributed by atoms with Crippen LogP contribution in [0.5, 0.6) is 0 Å². The van der Waals surface area contributed by atoms with Gasteiger partial charge in [-0.05, 0) is 78.7 Å². The molecule has 0 saturated carbocycles. The number of rotatable bonds is 7. The molecular formula is C24H28. The lowest BCUT2D eigenvalue weighted by Gasteiger charge is -2.25. The SMILES string of the molecule is C=CCCc1ccc(-c2ccc3c(c2)CCC(CCC=C)C3)cc1. The van der Waals surface area contributed by atoms with E-state index in [0.717, 1.165) is 25.2 Å². The van der Waals surface area contributed by atoms with Gasteiger partial charge in [0.1, 0.15) is 0 Å². The predicted octanol–water partition coefficient (Wildman–Crippen LogP) is 6.54. The Bertz CT molecular complexity index is 690. The van der Waals surface area contributed by atoms with Crippen LogP contribution in [0.4, 0.5) is 0 Å². The van der Waals surface area contributed by atoms with Gasteiger partial charge < -0.3 is 0 Å². The lowest BCUT2D eigenvalue weighted by atomic mass is 9.80. The highest BCUT2D eigenvalue weighted by atomic mass is 14.2. The average Bonchev–Trinajstić information content (AvgIpc) is 2.64. The third kappa shape index (κ3) is 4.06. The minimum Gasteiger partial charge on any atom is -0.103 e. The first-order chi connectivity index (χ1) is 11.8. The summed E-state index contributed by atoms with van der Waals surface area (Å²) in [5.41, 5.74) is 7.18. The fraction of sp³-hybridized carbons (Fsp3) is 0.333. The molecule has 1 aliphatic carbocycles. The second-order valence-electron chi connectivity index (χ2n) is 6.98. The van der Waals surface area contributed by atoms with Crippen LogP contribution in [-0.4, -0.2) is 0 Å². The molecule has 0 heteroatoms. The lowest BCUT2D eigenvalue weighted by Crippen LogP contribution is -2.14. The van der Waals surface area contributed by atoms with Crippen molar-refractivity contribution in [2.24, 2.45) is 5.92 Å². The Balaban J connectivity index is 1.72. The monoisotopic (exact) mass is 316 g/mol. The molecule has 0 bridgehead atoms. The van der Waals surface area contributed by atoms with Gasteiger partial charge in [-0.1, -0.05) is 54.6 Å². The molecule has 0 heterocycles. The van der Waals surface area contributed by atoms with Crippen molar-refractivity contribution in [1.29, 1.82) is 0 Å². The van der Waals surface area contributed by atoms with Crippen molar-refractivity contribution in [3.8, 4) is 11.1 Å². The van der Waals surface area contributed by atoms with Gasteiger partial charge in [-0.15, -0.1) is 13.2 Å². The molecule has 0 nitrogen and oxygen atoms in total. The van der Waals surface area contributed by atoms with Crippen LogP contribution in [0.15, 0.2) is 67.8 Å². The van der Waals surface area contributed by atoms with Crippen LogP contribution in [0.3, 0.4) is 0 Å². The molecule has 0 N–H and O–H groups in total. The normalized spacial score (nSPS) is 16.4. The van der Waals surface area contributed by atoms with E-state index in [1.807, 2.05) is 6.08 Å². The van der Waals surface area contributed by atoms with Gasteiger partial charge in [0.25, 0.3) is 0 Å². The predicted molar refractivity (Wildman–Crippen MR) is 105 cm³/mol. The number of hydrogen-bond donors (Lipinski definition) is 0. The Hall–Kier alpha value is -2.08. The van der Waals surface area contributed by atoms with E-state index in [1.54, 1.807) is 11.1 Å². The number of fused-ring (bicyclic) bond motifs is 1. The summed E-state index contributed by atoms with van der Waals surface area (Å²) in [5.74, 6) is 0.838. The summed E-state index contributed by atoms with van der Waals surface area (Å²) < 4.78 is 0. The van der Waals surface area contributed by atoms with Crippen molar-refractivity contribution >= 4 is 0 Å². The smallest absolute Gasteiger partial charge is 0.0181 e. The van der Waals surface area contributed by atoms with E-state index in [1.165, 1.54) is 42.4 Å². The molecule has 2 aromatic carbocycles. The molecule has 0 aromatic heterocycles. The Labute approximate surface area is 146 Å². The molecule has 0 fully saturated rings. The molecule has 2 aromatic rings. The van der Waals surface area contributed by atoms with Crippen LogP contribution < -0.4 is 0 Å². The molecular weight excluding hydrogens is 288 g/mol. The fourth-order valence-corrected chi connectivity index (χ4v) is 3.74. The van der Waals surface area contributed by atoms with E-state index in [-0.39, 0.29) is 0 Å². The number of aryl methyl sites for hydroxylation is 2. The van der Waals surface area contributed by atoms with Crippen molar-refractivity contribution < 1.29 is 0 Å². The molecule has 1 atom stereocenters. The largest absolute Gasteiger partial charge is 0.103 e. The van der Waals surface area contributed by atoms with Gasteiger partial charge >= 0.3 is 0 Å². The maximum atomic E-state index is 3.85. The standard InChI is InChI=1S/C24H28/c1-3-5-7-19-9-12-21(13-10-19)23-16-15-22-17-20(8-6-4-2)11-14-24(22)18-23/h3-4,9-10,12-13,15-16,18,20H,1-2,5-8,11,14,17H2. The van der Waals surface area contributed by atoms with Crippen LogP contribution in [0.1, 0.15) is 42.4 Å². The lowest BCUT2D eigenvalue weighted by molar-refractivity contribution is 0.431. The third-order valence-electron chi connectivity index (χ3n) is 5.24. The fourth-order valence-electron chi connectivity index (χ4n) is 3.74. The topological polar surface area (TPSA) is 0 Å². The van der Waals surface area contributed by atoms with E-state index >= 15 is 0 Å². The molecule has 1 aliphatic rings. The van der Waals surface area contributed by atoms with Crippen molar-refractivity contribution in [1.82, 2.24) is 0 Å². The highest BCUT2D eigenvalue weighted by molar-refractivity contribution is 5.65. The van der Waals surface area contributed by atoms with E-state index in [4.69, 9.17) is 0 Å². The van der Waals surface area contributed by atoms with E-state index in [0.29, 0.717) is 0 Å². The summed E-state index contributed by atoms with van der Waals surface area (Å²) in [6.07, 6.45) is 12.4. The van der Waals surface area contributed by atoms with Gasteiger partial charge in [-0.25, -0.2) is 0 Å². The number of allylic oxidation sites excluding steroid dienone is 2. The van der Waals surface area contributed by atoms with Gasteiger partial charge in [-0.3, -0.25) is 0 Å². The molecule has 124 valence electrons. The summed E-state index contributed by atoms with van der Waals surface area (Å²) >= 11 is 0. The number of hydrogen-bond acceptors (Lipinski definition) is 0. The minimum absolute atomic E-state index is 0.838. The molecule has 24 heavy (non-hydrogen) atoms. The first kappa shape index (κ1) is 16.8. The zero-order valence-electron chi connectivity index (χ0n) is 14.6. The van der Waals surface area contributed by atoms with Gasteiger partial charge in [0.2, 0.25) is 0 Å². The highest BCUT2D eigenvalue weighted by Crippen LogP contribution is 2.31. The molecule has 0 saturated heterocycles. The Kier molecular flexibility index (Phi) is 5.69. The molecule has 0 radical (unpaired) electrons. The van der Waals surface area contributed by atoms with Gasteiger partial charge in [-0.2, -0.15) is 0 Å². The summed E-state index contributed by atoms with van der Waals surface area (Å²) in [5, 5.41) is 0. The Morgan fingerprint density at radius 2 is 1.62 bits per heavy atom. The van der Waals surface area contributed by atoms with Gasteiger partial charge in [0.15, 0.2) is 0 Å². The molecule has 0 aliphatic heterocycles. The second-order valence-corrected chi connectivity index (χ2v) is 6.98. The first-order valence-electron chi connectivity index (χ1n) is 9.23. The van der Waals surface area contributed by atoms with E-state index in [2.05, 4.69) is 61.7 Å². The number of benzene rings is 2. The van der Waals surface area contributed by atoms with Crippen LogP contribution in [0, 0.1) is 5.92 Å². The Morgan fingerprint density at radius 3 is 2.38 bits per heavy atom. The average molecular weight is 316 g/mol. The van der Waals surface area contributed by atoms with Gasteiger partial charge in [0.05, 0.1) is 0 Å². The quantitative estimate of drug-likeness (QED) is 0.508. The van der Waals surface area contributed by atoms with Crippen molar-refractivity contribution in [3.63, 3.8) is 0 Å². The zero-order valence-corrected chi connectivity index (χ0v) is 14.6. The van der Waals surface area contributed by atoms with Crippen molar-refractivity contribution in [2.45, 2.75) is 44.9 Å². The van der Waals surface area contributed by atoms with Crippen molar-refractivity contribution in [2.75, 3.05) is 0 Å². The second kappa shape index (κ2) is 8.15. The zero-order chi connectivity index (χ0) is 16.8. The molecule has 3 rings (SSSR count). The summed E-state index contributed by atoms with van der Waals surface area (Å²) in [7, 11) is 0.